The molecule has 0 fully saturated rings. The quantitative estimate of drug-likeness (QED) is 0.906. The number of halogens is 1. The van der Waals surface area contributed by atoms with Crippen LogP contribution in [0.3, 0.4) is 0 Å². The zero-order valence-electron chi connectivity index (χ0n) is 11.0. The highest BCUT2D eigenvalue weighted by molar-refractivity contribution is 6.34. The molecule has 1 aliphatic heterocycles. The first-order valence-electron chi connectivity index (χ1n) is 6.32. The lowest BCUT2D eigenvalue weighted by molar-refractivity contribution is 0.174. The van der Waals surface area contributed by atoms with Crippen molar-refractivity contribution in [3.05, 3.63) is 35.9 Å². The molecule has 0 saturated heterocycles. The molecule has 110 valence electrons. The first kappa shape index (κ1) is 13.6. The Morgan fingerprint density at radius 1 is 1.38 bits per heavy atom. The van der Waals surface area contributed by atoms with Crippen LogP contribution in [-0.2, 0) is 6.54 Å². The van der Waals surface area contributed by atoms with Crippen LogP contribution in [0.5, 0.6) is 11.5 Å². The smallest absolute Gasteiger partial charge is 0.319 e. The second-order valence-corrected chi connectivity index (χ2v) is 4.77. The van der Waals surface area contributed by atoms with Crippen molar-refractivity contribution in [1.29, 1.82) is 0 Å². The molecule has 2 N–H and O–H groups in total. The number of carbonyl (C=O) groups is 1. The van der Waals surface area contributed by atoms with Gasteiger partial charge in [-0.25, -0.2) is 9.78 Å². The van der Waals surface area contributed by atoms with Gasteiger partial charge in [0.2, 0.25) is 6.79 Å². The average molecular weight is 309 g/mol. The number of amides is 2. The largest absolute Gasteiger partial charge is 0.454 e. The number of carbonyl (C=O) groups excluding carboxylic acids is 1. The first-order chi connectivity index (χ1) is 10.2. The van der Waals surface area contributed by atoms with Gasteiger partial charge in [-0.1, -0.05) is 11.6 Å². The lowest BCUT2D eigenvalue weighted by atomic mass is 10.3. The number of ether oxygens (including phenoxy) is 2. The molecule has 7 nitrogen and oxygen atoms in total. The fourth-order valence-corrected chi connectivity index (χ4v) is 2.10. The Balaban J connectivity index is 1.55. The molecule has 0 atom stereocenters. The van der Waals surface area contributed by atoms with E-state index < -0.39 is 0 Å². The maximum Gasteiger partial charge on any atom is 0.319 e. The van der Waals surface area contributed by atoms with Crippen LogP contribution < -0.4 is 20.1 Å². The number of rotatable bonds is 4. The van der Waals surface area contributed by atoms with E-state index in [9.17, 15) is 4.79 Å². The maximum atomic E-state index is 11.8. The maximum absolute atomic E-state index is 11.8. The highest BCUT2D eigenvalue weighted by Crippen LogP contribution is 2.39. The molecular weight excluding hydrogens is 296 g/mol. The molecule has 8 heteroatoms. The highest BCUT2D eigenvalue weighted by atomic mass is 35.5. The number of aromatic nitrogens is 2. The van der Waals surface area contributed by atoms with Crippen LogP contribution in [-0.4, -0.2) is 28.9 Å². The molecule has 2 aromatic rings. The van der Waals surface area contributed by atoms with Crippen LogP contribution >= 0.6 is 11.6 Å². The second-order valence-electron chi connectivity index (χ2n) is 4.37. The van der Waals surface area contributed by atoms with Gasteiger partial charge in [0.15, 0.2) is 11.5 Å². The summed E-state index contributed by atoms with van der Waals surface area (Å²) in [6.45, 7) is 1.28. The summed E-state index contributed by atoms with van der Waals surface area (Å²) in [6, 6.07) is 2.92. The predicted octanol–water partition coefficient (Wildman–Crippen LogP) is 2.09. The third-order valence-corrected chi connectivity index (χ3v) is 3.24. The minimum absolute atomic E-state index is 0.159. The van der Waals surface area contributed by atoms with Gasteiger partial charge in [0, 0.05) is 37.6 Å². The van der Waals surface area contributed by atoms with Gasteiger partial charge in [-0.05, 0) is 0 Å². The minimum atomic E-state index is -0.337. The van der Waals surface area contributed by atoms with Gasteiger partial charge < -0.3 is 24.7 Å². The summed E-state index contributed by atoms with van der Waals surface area (Å²) in [6.07, 6.45) is 5.20. The second kappa shape index (κ2) is 5.92. The van der Waals surface area contributed by atoms with Gasteiger partial charge in [-0.3, -0.25) is 0 Å². The van der Waals surface area contributed by atoms with E-state index in [-0.39, 0.29) is 12.8 Å². The van der Waals surface area contributed by atoms with E-state index in [4.69, 9.17) is 21.1 Å². The number of hydrogen-bond acceptors (Lipinski definition) is 4. The molecule has 21 heavy (non-hydrogen) atoms. The normalized spacial score (nSPS) is 12.2. The number of fused-ring (bicyclic) bond motifs is 1. The Morgan fingerprint density at radius 2 is 2.19 bits per heavy atom. The van der Waals surface area contributed by atoms with E-state index in [1.54, 1.807) is 24.7 Å². The number of benzene rings is 1. The van der Waals surface area contributed by atoms with Gasteiger partial charge in [0.25, 0.3) is 0 Å². The molecular formula is C13H13ClN4O3. The summed E-state index contributed by atoms with van der Waals surface area (Å²) in [5.74, 6) is 1.14. The van der Waals surface area contributed by atoms with Crippen molar-refractivity contribution < 1.29 is 14.3 Å². The Labute approximate surface area is 125 Å². The fourth-order valence-electron chi connectivity index (χ4n) is 1.90. The van der Waals surface area contributed by atoms with Crippen molar-refractivity contribution in [3.8, 4) is 11.5 Å². The van der Waals surface area contributed by atoms with Crippen LogP contribution in [0.2, 0.25) is 5.02 Å². The summed E-state index contributed by atoms with van der Waals surface area (Å²) in [5.41, 5.74) is 0.473. The van der Waals surface area contributed by atoms with Gasteiger partial charge in [0.05, 0.1) is 17.0 Å². The number of nitrogens with one attached hydrogen (secondary N) is 2. The summed E-state index contributed by atoms with van der Waals surface area (Å²) in [4.78, 5) is 15.7. The number of imidazole rings is 1. The van der Waals surface area contributed by atoms with Crippen molar-refractivity contribution >= 4 is 23.3 Å². The molecule has 0 bridgehead atoms. The Kier molecular flexibility index (Phi) is 3.83. The number of nitrogens with zero attached hydrogens (tertiary/aromatic N) is 2. The Bertz CT molecular complexity index is 645. The summed E-state index contributed by atoms with van der Waals surface area (Å²) < 4.78 is 12.3. The molecule has 1 aromatic heterocycles. The van der Waals surface area contributed by atoms with Gasteiger partial charge in [-0.15, -0.1) is 0 Å². The van der Waals surface area contributed by atoms with Gasteiger partial charge in [0.1, 0.15) is 0 Å². The summed E-state index contributed by atoms with van der Waals surface area (Å²) in [7, 11) is 0. The summed E-state index contributed by atoms with van der Waals surface area (Å²) in [5, 5.41) is 5.81. The third-order valence-electron chi connectivity index (χ3n) is 2.93. The monoisotopic (exact) mass is 308 g/mol. The van der Waals surface area contributed by atoms with E-state index in [1.807, 2.05) is 10.8 Å². The van der Waals surface area contributed by atoms with Crippen molar-refractivity contribution in [1.82, 2.24) is 14.9 Å². The van der Waals surface area contributed by atoms with Crippen LogP contribution in [0.1, 0.15) is 0 Å². The first-order valence-corrected chi connectivity index (χ1v) is 6.70. The molecule has 0 spiro atoms. The van der Waals surface area contributed by atoms with E-state index in [2.05, 4.69) is 15.6 Å². The number of hydrogen-bond donors (Lipinski definition) is 2. The molecule has 2 heterocycles. The topological polar surface area (TPSA) is 77.4 Å². The third kappa shape index (κ3) is 3.19. The Morgan fingerprint density at radius 3 is 2.95 bits per heavy atom. The van der Waals surface area contributed by atoms with E-state index in [1.165, 1.54) is 0 Å². The van der Waals surface area contributed by atoms with E-state index in [0.29, 0.717) is 35.3 Å². The molecule has 2 amide bonds. The van der Waals surface area contributed by atoms with E-state index in [0.717, 1.165) is 0 Å². The van der Waals surface area contributed by atoms with Crippen LogP contribution in [0, 0.1) is 0 Å². The van der Waals surface area contributed by atoms with E-state index >= 15 is 0 Å². The fraction of sp³-hybridized carbons (Fsp3) is 0.231. The molecule has 1 aliphatic rings. The van der Waals surface area contributed by atoms with Crippen molar-refractivity contribution in [2.75, 3.05) is 18.7 Å². The van der Waals surface area contributed by atoms with Crippen LogP contribution in [0.15, 0.2) is 30.9 Å². The molecule has 3 rings (SSSR count). The standard InChI is InChI=1S/C13H13ClN4O3/c14-9-5-11-12(21-8-20-11)6-10(9)17-13(19)16-2-4-18-3-1-15-7-18/h1,3,5-7H,2,4,8H2,(H2,16,17,19). The van der Waals surface area contributed by atoms with Crippen molar-refractivity contribution in [2.24, 2.45) is 0 Å². The molecule has 1 aromatic carbocycles. The lowest BCUT2D eigenvalue weighted by Gasteiger charge is -2.10. The SMILES string of the molecule is O=C(NCCn1ccnc1)Nc1cc2c(cc1Cl)OCO2. The molecule has 0 radical (unpaired) electrons. The van der Waals surface area contributed by atoms with Crippen molar-refractivity contribution in [3.63, 3.8) is 0 Å². The highest BCUT2D eigenvalue weighted by Gasteiger charge is 2.17. The number of urea groups is 1. The lowest BCUT2D eigenvalue weighted by Crippen LogP contribution is -2.31. The molecule has 0 unspecified atom stereocenters. The zero-order chi connectivity index (χ0) is 14.7. The zero-order valence-corrected chi connectivity index (χ0v) is 11.8. The predicted molar refractivity (Wildman–Crippen MR) is 76.8 cm³/mol. The average Bonchev–Trinajstić information content (AvgIpc) is 3.10. The summed E-state index contributed by atoms with van der Waals surface area (Å²) >= 11 is 6.08. The van der Waals surface area contributed by atoms with Gasteiger partial charge >= 0.3 is 6.03 Å². The Hall–Kier alpha value is -2.41. The van der Waals surface area contributed by atoms with Crippen molar-refractivity contribution in [2.45, 2.75) is 6.54 Å². The minimum Gasteiger partial charge on any atom is -0.454 e. The van der Waals surface area contributed by atoms with Crippen LogP contribution in [0.25, 0.3) is 0 Å². The van der Waals surface area contributed by atoms with Crippen LogP contribution in [0.4, 0.5) is 10.5 Å². The number of anilines is 1. The molecule has 0 saturated carbocycles. The van der Waals surface area contributed by atoms with Gasteiger partial charge in [-0.2, -0.15) is 0 Å². The molecule has 0 aliphatic carbocycles.